The van der Waals surface area contributed by atoms with Crippen LogP contribution in [0.5, 0.6) is 0 Å². The van der Waals surface area contributed by atoms with Crippen molar-refractivity contribution in [3.05, 3.63) is 22.8 Å². The second kappa shape index (κ2) is 6.12. The summed E-state index contributed by atoms with van der Waals surface area (Å²) in [7, 11) is 0. The summed E-state index contributed by atoms with van der Waals surface area (Å²) in [4.78, 5) is 32.7. The minimum atomic E-state index is -0.883. The number of carboxylic acid groups (broad SMARTS) is 1. The van der Waals surface area contributed by atoms with Crippen LogP contribution in [0.25, 0.3) is 0 Å². The number of pyridine rings is 1. The Morgan fingerprint density at radius 1 is 1.23 bits per heavy atom. The van der Waals surface area contributed by atoms with Crippen LogP contribution in [0.15, 0.2) is 22.8 Å². The van der Waals surface area contributed by atoms with Gasteiger partial charge in [0.25, 0.3) is 0 Å². The highest BCUT2D eigenvalue weighted by molar-refractivity contribution is 9.10. The second-order valence-corrected chi connectivity index (χ2v) is 6.38. The van der Waals surface area contributed by atoms with Crippen molar-refractivity contribution in [3.8, 4) is 0 Å². The van der Waals surface area contributed by atoms with E-state index in [1.807, 2.05) is 17.0 Å². The Balaban J connectivity index is 1.64. The van der Waals surface area contributed by atoms with E-state index in [2.05, 4.69) is 20.9 Å². The summed E-state index contributed by atoms with van der Waals surface area (Å²) in [5, 5.41) is 8.98. The van der Waals surface area contributed by atoms with Crippen molar-refractivity contribution in [2.45, 2.75) is 18.9 Å². The molecule has 22 heavy (non-hydrogen) atoms. The van der Waals surface area contributed by atoms with E-state index in [0.717, 1.165) is 4.47 Å². The van der Waals surface area contributed by atoms with E-state index < -0.39 is 6.09 Å². The van der Waals surface area contributed by atoms with E-state index in [9.17, 15) is 9.59 Å². The van der Waals surface area contributed by atoms with Crippen molar-refractivity contribution in [3.63, 3.8) is 0 Å². The van der Waals surface area contributed by atoms with Crippen LogP contribution in [0.3, 0.4) is 0 Å². The number of hydrogen-bond acceptors (Lipinski definition) is 3. The minimum absolute atomic E-state index is 0.0383. The summed E-state index contributed by atoms with van der Waals surface area (Å²) in [5.74, 6) is 0.652. The van der Waals surface area contributed by atoms with Gasteiger partial charge >= 0.3 is 12.1 Å². The van der Waals surface area contributed by atoms with Gasteiger partial charge in [0.1, 0.15) is 5.82 Å². The number of amides is 3. The molecule has 0 aromatic carbocycles. The number of likely N-dealkylation sites (tertiary alicyclic amines) is 1. The van der Waals surface area contributed by atoms with Crippen LogP contribution in [-0.4, -0.2) is 64.2 Å². The van der Waals surface area contributed by atoms with Crippen molar-refractivity contribution in [2.24, 2.45) is 0 Å². The van der Waals surface area contributed by atoms with Gasteiger partial charge in [-0.1, -0.05) is 0 Å². The fraction of sp³-hybridized carbons (Fsp3) is 0.500. The number of anilines is 1. The third kappa shape index (κ3) is 2.87. The molecule has 1 N–H and O–H groups in total. The van der Waals surface area contributed by atoms with Crippen LogP contribution >= 0.6 is 15.9 Å². The van der Waals surface area contributed by atoms with Crippen LogP contribution in [0.1, 0.15) is 12.8 Å². The molecule has 0 spiro atoms. The molecule has 3 amide bonds. The first-order chi connectivity index (χ1) is 10.6. The third-order valence-electron chi connectivity index (χ3n) is 4.21. The lowest BCUT2D eigenvalue weighted by Crippen LogP contribution is -2.47. The van der Waals surface area contributed by atoms with Crippen molar-refractivity contribution in [2.75, 3.05) is 31.1 Å². The lowest BCUT2D eigenvalue weighted by molar-refractivity contribution is 0.112. The number of halogens is 1. The Morgan fingerprint density at radius 3 is 2.55 bits per heavy atom. The third-order valence-corrected chi connectivity index (χ3v) is 4.67. The topological polar surface area (TPSA) is 77.0 Å². The van der Waals surface area contributed by atoms with Crippen LogP contribution in [0, 0.1) is 0 Å². The van der Waals surface area contributed by atoms with Crippen molar-refractivity contribution < 1.29 is 14.7 Å². The van der Waals surface area contributed by atoms with Crippen molar-refractivity contribution in [1.29, 1.82) is 0 Å². The highest BCUT2D eigenvalue weighted by atomic mass is 79.9. The predicted molar refractivity (Wildman–Crippen MR) is 84.0 cm³/mol. The SMILES string of the molecule is O=C(O)N1CCC(N2CCN(c3ccc(Br)cn3)C2=O)CC1. The molecule has 3 rings (SSSR count). The summed E-state index contributed by atoms with van der Waals surface area (Å²) in [5.41, 5.74) is 0. The van der Waals surface area contributed by atoms with E-state index in [1.54, 1.807) is 11.1 Å². The molecule has 2 saturated heterocycles. The van der Waals surface area contributed by atoms with E-state index >= 15 is 0 Å². The number of nitrogens with zero attached hydrogens (tertiary/aromatic N) is 4. The molecule has 7 nitrogen and oxygen atoms in total. The molecule has 0 bridgehead atoms. The highest BCUT2D eigenvalue weighted by Gasteiger charge is 2.36. The number of aromatic nitrogens is 1. The molecule has 1 aromatic rings. The zero-order valence-corrected chi connectivity index (χ0v) is 13.6. The molecular formula is C14H17BrN4O3. The van der Waals surface area contributed by atoms with Crippen LogP contribution < -0.4 is 4.90 Å². The largest absolute Gasteiger partial charge is 0.465 e. The quantitative estimate of drug-likeness (QED) is 0.868. The Hall–Kier alpha value is -1.83. The maximum absolute atomic E-state index is 12.6. The van der Waals surface area contributed by atoms with Gasteiger partial charge in [-0.2, -0.15) is 0 Å². The zero-order chi connectivity index (χ0) is 15.7. The first kappa shape index (κ1) is 15.1. The summed E-state index contributed by atoms with van der Waals surface area (Å²) in [6.07, 6.45) is 2.18. The van der Waals surface area contributed by atoms with Crippen molar-refractivity contribution in [1.82, 2.24) is 14.8 Å². The van der Waals surface area contributed by atoms with Gasteiger partial charge in [0.15, 0.2) is 0 Å². The molecule has 2 aliphatic rings. The summed E-state index contributed by atoms with van der Waals surface area (Å²) in [6, 6.07) is 3.76. The average molecular weight is 369 g/mol. The van der Waals surface area contributed by atoms with E-state index in [1.165, 1.54) is 4.90 Å². The van der Waals surface area contributed by atoms with Crippen LogP contribution in [-0.2, 0) is 0 Å². The number of piperidine rings is 1. The molecule has 8 heteroatoms. The zero-order valence-electron chi connectivity index (χ0n) is 12.0. The maximum Gasteiger partial charge on any atom is 0.407 e. The maximum atomic E-state index is 12.6. The van der Waals surface area contributed by atoms with Crippen molar-refractivity contribution >= 4 is 33.9 Å². The van der Waals surface area contributed by atoms with Crippen LogP contribution in [0.4, 0.5) is 15.4 Å². The molecule has 0 saturated carbocycles. The monoisotopic (exact) mass is 368 g/mol. The Morgan fingerprint density at radius 2 is 1.95 bits per heavy atom. The Bertz CT molecular complexity index is 572. The van der Waals surface area contributed by atoms with E-state index in [4.69, 9.17) is 5.11 Å². The molecule has 2 fully saturated rings. The van der Waals surface area contributed by atoms with Gasteiger partial charge < -0.3 is 14.9 Å². The van der Waals surface area contributed by atoms with E-state index in [-0.39, 0.29) is 12.1 Å². The fourth-order valence-corrected chi connectivity index (χ4v) is 3.24. The second-order valence-electron chi connectivity index (χ2n) is 5.46. The average Bonchev–Trinajstić information content (AvgIpc) is 2.90. The normalized spacial score (nSPS) is 19.9. The van der Waals surface area contributed by atoms with E-state index in [0.29, 0.717) is 44.8 Å². The molecule has 1 aromatic heterocycles. The molecule has 0 unspecified atom stereocenters. The van der Waals surface area contributed by atoms with Gasteiger partial charge in [0.2, 0.25) is 0 Å². The summed E-state index contributed by atoms with van der Waals surface area (Å²) >= 11 is 3.33. The highest BCUT2D eigenvalue weighted by Crippen LogP contribution is 2.25. The minimum Gasteiger partial charge on any atom is -0.465 e. The molecule has 0 atom stereocenters. The number of urea groups is 1. The van der Waals surface area contributed by atoms with Gasteiger partial charge in [-0.25, -0.2) is 14.6 Å². The molecular weight excluding hydrogens is 352 g/mol. The number of carbonyl (C=O) groups is 2. The smallest absolute Gasteiger partial charge is 0.407 e. The predicted octanol–water partition coefficient (Wildman–Crippen LogP) is 2.23. The van der Waals surface area contributed by atoms with Gasteiger partial charge in [-0.05, 0) is 40.9 Å². The summed E-state index contributed by atoms with van der Waals surface area (Å²) in [6.45, 7) is 2.25. The number of carbonyl (C=O) groups excluding carboxylic acids is 1. The molecule has 118 valence electrons. The van der Waals surface area contributed by atoms with Gasteiger partial charge in [0, 0.05) is 42.9 Å². The fourth-order valence-electron chi connectivity index (χ4n) is 3.00. The van der Waals surface area contributed by atoms with Gasteiger partial charge in [-0.15, -0.1) is 0 Å². The molecule has 0 radical (unpaired) electrons. The number of rotatable bonds is 2. The van der Waals surface area contributed by atoms with Gasteiger partial charge in [-0.3, -0.25) is 4.90 Å². The molecule has 0 aliphatic carbocycles. The lowest BCUT2D eigenvalue weighted by Gasteiger charge is -2.35. The first-order valence-corrected chi connectivity index (χ1v) is 8.03. The summed E-state index contributed by atoms with van der Waals surface area (Å²) < 4.78 is 0.876. The molecule has 2 aliphatic heterocycles. The number of hydrogen-bond donors (Lipinski definition) is 1. The Labute approximate surface area is 136 Å². The first-order valence-electron chi connectivity index (χ1n) is 7.24. The lowest BCUT2D eigenvalue weighted by atomic mass is 10.0. The van der Waals surface area contributed by atoms with Crippen LogP contribution in [0.2, 0.25) is 0 Å². The molecule has 3 heterocycles. The Kier molecular flexibility index (Phi) is 4.19. The standard InChI is InChI=1S/C14H17BrN4O3/c15-10-1-2-12(16-9-10)19-8-7-18(13(19)20)11-3-5-17(6-4-11)14(21)22/h1-2,9,11H,3-8H2,(H,21,22). The van der Waals surface area contributed by atoms with Gasteiger partial charge in [0.05, 0.1) is 0 Å².